The highest BCUT2D eigenvalue weighted by Gasteiger charge is 2.26. The molecule has 6 heteroatoms. The van der Waals surface area contributed by atoms with Crippen molar-refractivity contribution in [1.82, 2.24) is 9.97 Å². The molecule has 1 aliphatic rings. The summed E-state index contributed by atoms with van der Waals surface area (Å²) in [6.45, 7) is 0. The van der Waals surface area contributed by atoms with Gasteiger partial charge in [0.1, 0.15) is 5.02 Å². The second-order valence-corrected chi connectivity index (χ2v) is 3.84. The molecular weight excluding hydrogens is 204 g/mol. The summed E-state index contributed by atoms with van der Waals surface area (Å²) in [5.74, 6) is 0.437. The molecule has 1 aliphatic carbocycles. The van der Waals surface area contributed by atoms with Gasteiger partial charge < -0.3 is 16.0 Å². The first-order valence-corrected chi connectivity index (χ1v) is 4.80. The van der Waals surface area contributed by atoms with E-state index in [4.69, 9.17) is 17.3 Å². The molecule has 0 unspecified atom stereocenters. The van der Waals surface area contributed by atoms with Crippen molar-refractivity contribution >= 4 is 17.4 Å². The summed E-state index contributed by atoms with van der Waals surface area (Å²) in [4.78, 5) is 17.4. The molecule has 0 amide bonds. The lowest BCUT2D eigenvalue weighted by Gasteiger charge is -2.33. The first-order chi connectivity index (χ1) is 6.66. The number of rotatable bonds is 2. The summed E-state index contributed by atoms with van der Waals surface area (Å²) in [5.41, 5.74) is 5.30. The number of aromatic amines is 1. The van der Waals surface area contributed by atoms with Gasteiger partial charge in [-0.2, -0.15) is 0 Å². The van der Waals surface area contributed by atoms with Crippen molar-refractivity contribution in [3.8, 4) is 0 Å². The van der Waals surface area contributed by atoms with Crippen LogP contribution in [0.15, 0.2) is 11.1 Å². The molecule has 0 bridgehead atoms. The van der Waals surface area contributed by atoms with Crippen molar-refractivity contribution in [2.45, 2.75) is 24.9 Å². The van der Waals surface area contributed by atoms with E-state index < -0.39 is 0 Å². The molecule has 76 valence electrons. The van der Waals surface area contributed by atoms with Crippen molar-refractivity contribution in [2.24, 2.45) is 5.73 Å². The minimum absolute atomic E-state index is 0.105. The Morgan fingerprint density at radius 1 is 1.64 bits per heavy atom. The topological polar surface area (TPSA) is 83.8 Å². The third kappa shape index (κ3) is 1.73. The molecule has 1 aromatic heterocycles. The van der Waals surface area contributed by atoms with Crippen molar-refractivity contribution in [3.05, 3.63) is 21.7 Å². The molecule has 1 saturated carbocycles. The third-order valence-corrected chi connectivity index (χ3v) is 2.66. The average molecular weight is 215 g/mol. The van der Waals surface area contributed by atoms with Gasteiger partial charge in [-0.3, -0.25) is 4.79 Å². The summed E-state index contributed by atoms with van der Waals surface area (Å²) in [6, 6.07) is 0.546. The Labute approximate surface area is 85.7 Å². The lowest BCUT2D eigenvalue weighted by Crippen LogP contribution is -2.44. The van der Waals surface area contributed by atoms with Crippen LogP contribution in [0.5, 0.6) is 0 Å². The van der Waals surface area contributed by atoms with Gasteiger partial charge in [0.25, 0.3) is 5.56 Å². The average Bonchev–Trinajstić information content (AvgIpc) is 2.10. The Morgan fingerprint density at radius 3 is 3.00 bits per heavy atom. The Bertz CT molecular complexity index is 385. The summed E-state index contributed by atoms with van der Waals surface area (Å²) in [7, 11) is 0. The molecule has 2 rings (SSSR count). The Hall–Kier alpha value is -1.07. The van der Waals surface area contributed by atoms with Gasteiger partial charge >= 0.3 is 0 Å². The van der Waals surface area contributed by atoms with E-state index in [0.717, 1.165) is 12.8 Å². The van der Waals surface area contributed by atoms with Gasteiger partial charge in [0, 0.05) is 12.1 Å². The molecule has 4 N–H and O–H groups in total. The maximum absolute atomic E-state index is 11.1. The van der Waals surface area contributed by atoms with E-state index in [9.17, 15) is 4.79 Å². The molecule has 1 aromatic rings. The molecule has 0 radical (unpaired) electrons. The maximum Gasteiger partial charge on any atom is 0.271 e. The van der Waals surface area contributed by atoms with E-state index in [1.54, 1.807) is 0 Å². The first-order valence-electron chi connectivity index (χ1n) is 4.42. The number of aromatic nitrogens is 2. The van der Waals surface area contributed by atoms with Gasteiger partial charge in [-0.15, -0.1) is 0 Å². The molecular formula is C8H11ClN4O. The molecule has 1 fully saturated rings. The van der Waals surface area contributed by atoms with E-state index in [1.165, 1.54) is 6.33 Å². The summed E-state index contributed by atoms with van der Waals surface area (Å²) >= 11 is 5.75. The lowest BCUT2D eigenvalue weighted by atomic mass is 9.88. The normalized spacial score (nSPS) is 25.6. The van der Waals surface area contributed by atoms with E-state index in [2.05, 4.69) is 15.3 Å². The largest absolute Gasteiger partial charge is 0.366 e. The van der Waals surface area contributed by atoms with Crippen molar-refractivity contribution in [3.63, 3.8) is 0 Å². The van der Waals surface area contributed by atoms with Gasteiger partial charge in [0.2, 0.25) is 0 Å². The van der Waals surface area contributed by atoms with E-state index in [1.807, 2.05) is 0 Å². The predicted octanol–water partition coefficient (Wildman–Crippen LogP) is 0.325. The monoisotopic (exact) mass is 214 g/mol. The molecule has 0 saturated heterocycles. The van der Waals surface area contributed by atoms with Crippen LogP contribution in [0.25, 0.3) is 0 Å². The van der Waals surface area contributed by atoms with Gasteiger partial charge in [0.05, 0.1) is 6.33 Å². The summed E-state index contributed by atoms with van der Waals surface area (Å²) < 4.78 is 0. The van der Waals surface area contributed by atoms with Crippen LogP contribution in [0.1, 0.15) is 12.8 Å². The Balaban J connectivity index is 2.10. The SMILES string of the molecule is NC1CC(Nc2nc[nH]c(=O)c2Cl)C1. The van der Waals surface area contributed by atoms with Crippen LogP contribution in [-0.4, -0.2) is 22.1 Å². The standard InChI is InChI=1S/C8H11ClN4O/c9-6-7(11-3-12-8(6)14)13-5-1-4(10)2-5/h3-5H,1-2,10H2,(H2,11,12,13,14). The van der Waals surface area contributed by atoms with E-state index >= 15 is 0 Å². The van der Waals surface area contributed by atoms with Gasteiger partial charge in [0.15, 0.2) is 5.82 Å². The van der Waals surface area contributed by atoms with Crippen LogP contribution in [0, 0.1) is 0 Å². The fourth-order valence-electron chi connectivity index (χ4n) is 1.46. The number of halogens is 1. The number of nitrogens with zero attached hydrogens (tertiary/aromatic N) is 1. The second-order valence-electron chi connectivity index (χ2n) is 3.47. The highest BCUT2D eigenvalue weighted by molar-refractivity contribution is 6.32. The van der Waals surface area contributed by atoms with Crippen LogP contribution in [-0.2, 0) is 0 Å². The van der Waals surface area contributed by atoms with Crippen LogP contribution in [0.3, 0.4) is 0 Å². The first kappa shape index (κ1) is 9.48. The van der Waals surface area contributed by atoms with Crippen LogP contribution in [0.2, 0.25) is 5.02 Å². The zero-order chi connectivity index (χ0) is 10.1. The third-order valence-electron chi connectivity index (χ3n) is 2.31. The van der Waals surface area contributed by atoms with Gasteiger partial charge in [-0.05, 0) is 12.8 Å². The van der Waals surface area contributed by atoms with Crippen LogP contribution >= 0.6 is 11.6 Å². The minimum Gasteiger partial charge on any atom is -0.366 e. The minimum atomic E-state index is -0.326. The number of hydrogen-bond acceptors (Lipinski definition) is 4. The molecule has 1 heterocycles. The van der Waals surface area contributed by atoms with Gasteiger partial charge in [-0.1, -0.05) is 11.6 Å². The Kier molecular flexibility index (Phi) is 2.43. The molecule has 0 aliphatic heterocycles. The summed E-state index contributed by atoms with van der Waals surface area (Å²) in [6.07, 6.45) is 3.12. The van der Waals surface area contributed by atoms with Crippen molar-refractivity contribution in [1.29, 1.82) is 0 Å². The quantitative estimate of drug-likeness (QED) is 0.662. The number of H-pyrrole nitrogens is 1. The number of nitrogens with two attached hydrogens (primary N) is 1. The lowest BCUT2D eigenvalue weighted by molar-refractivity contribution is 0.373. The number of hydrogen-bond donors (Lipinski definition) is 3. The van der Waals surface area contributed by atoms with Crippen molar-refractivity contribution in [2.75, 3.05) is 5.32 Å². The van der Waals surface area contributed by atoms with Crippen LogP contribution in [0.4, 0.5) is 5.82 Å². The molecule has 0 spiro atoms. The molecule has 14 heavy (non-hydrogen) atoms. The highest BCUT2D eigenvalue weighted by Crippen LogP contribution is 2.23. The smallest absolute Gasteiger partial charge is 0.271 e. The number of nitrogens with one attached hydrogen (secondary N) is 2. The van der Waals surface area contributed by atoms with Crippen LogP contribution < -0.4 is 16.6 Å². The fraction of sp³-hybridized carbons (Fsp3) is 0.500. The van der Waals surface area contributed by atoms with Crippen molar-refractivity contribution < 1.29 is 0 Å². The number of anilines is 1. The van der Waals surface area contributed by atoms with E-state index in [-0.39, 0.29) is 22.7 Å². The second kappa shape index (κ2) is 3.59. The zero-order valence-electron chi connectivity index (χ0n) is 7.46. The predicted molar refractivity (Wildman–Crippen MR) is 54.5 cm³/mol. The molecule has 5 nitrogen and oxygen atoms in total. The summed E-state index contributed by atoms with van der Waals surface area (Å²) in [5, 5.41) is 3.18. The zero-order valence-corrected chi connectivity index (χ0v) is 8.21. The molecule has 0 aromatic carbocycles. The maximum atomic E-state index is 11.1. The fourth-order valence-corrected chi connectivity index (χ4v) is 1.61. The highest BCUT2D eigenvalue weighted by atomic mass is 35.5. The van der Waals surface area contributed by atoms with E-state index in [0.29, 0.717) is 5.82 Å². The van der Waals surface area contributed by atoms with Gasteiger partial charge in [-0.25, -0.2) is 4.98 Å². The molecule has 0 atom stereocenters. The Morgan fingerprint density at radius 2 is 2.36 bits per heavy atom.